The number of aliphatic carboxylic acids is 1. The van der Waals surface area contributed by atoms with E-state index in [1.807, 2.05) is 0 Å². The Balaban J connectivity index is 2.42. The summed E-state index contributed by atoms with van der Waals surface area (Å²) in [7, 11) is 0. The number of carboxylic acids is 1. The standard InChI is InChI=1S/C18H22N2O7/c1-4-25-13-8-11(6-7-12(13)27-9-14(21)22)16-15(17(23)26-5-2)10(3)19-18(24)20-16/h6-8,16H,4-5,9H2,1-3H3,(H,21,22)(H2,19,20,24). The molecule has 0 aliphatic carbocycles. The van der Waals surface area contributed by atoms with Gasteiger partial charge >= 0.3 is 18.0 Å². The minimum absolute atomic E-state index is 0.197. The van der Waals surface area contributed by atoms with Crippen LogP contribution in [0.15, 0.2) is 29.5 Å². The number of nitrogens with one attached hydrogen (secondary N) is 2. The molecule has 0 fully saturated rings. The molecule has 1 aromatic rings. The van der Waals surface area contributed by atoms with Gasteiger partial charge in [0.25, 0.3) is 0 Å². The second kappa shape index (κ2) is 8.93. The highest BCUT2D eigenvalue weighted by molar-refractivity contribution is 5.95. The predicted octanol–water partition coefficient (Wildman–Crippen LogP) is 1.74. The molecule has 0 saturated carbocycles. The van der Waals surface area contributed by atoms with Gasteiger partial charge in [-0.05, 0) is 38.5 Å². The molecule has 0 radical (unpaired) electrons. The summed E-state index contributed by atoms with van der Waals surface area (Å²) < 4.78 is 15.8. The molecule has 1 aromatic carbocycles. The van der Waals surface area contributed by atoms with Gasteiger partial charge in [-0.3, -0.25) is 0 Å². The monoisotopic (exact) mass is 378 g/mol. The molecule has 1 atom stereocenters. The molecule has 2 amide bonds. The fourth-order valence-electron chi connectivity index (χ4n) is 2.65. The number of carbonyl (C=O) groups excluding carboxylic acids is 2. The maximum atomic E-state index is 12.4. The second-order valence-electron chi connectivity index (χ2n) is 5.61. The SMILES string of the molecule is CCOC(=O)C1=C(C)NC(=O)NC1c1ccc(OCC(=O)O)c(OCC)c1. The van der Waals surface area contributed by atoms with E-state index in [1.165, 1.54) is 6.07 Å². The lowest BCUT2D eigenvalue weighted by atomic mass is 9.95. The summed E-state index contributed by atoms with van der Waals surface area (Å²) in [5.41, 5.74) is 1.24. The van der Waals surface area contributed by atoms with E-state index in [1.54, 1.807) is 32.9 Å². The number of amides is 2. The fourth-order valence-corrected chi connectivity index (χ4v) is 2.65. The quantitative estimate of drug-likeness (QED) is 0.589. The Labute approximate surface area is 156 Å². The zero-order valence-corrected chi connectivity index (χ0v) is 15.3. The summed E-state index contributed by atoms with van der Waals surface area (Å²) in [6.45, 7) is 5.09. The van der Waals surface area contributed by atoms with Crippen molar-refractivity contribution in [3.63, 3.8) is 0 Å². The third-order valence-electron chi connectivity index (χ3n) is 3.72. The van der Waals surface area contributed by atoms with Gasteiger partial charge in [-0.25, -0.2) is 14.4 Å². The topological polar surface area (TPSA) is 123 Å². The number of hydrogen-bond acceptors (Lipinski definition) is 6. The molecule has 1 aliphatic rings. The molecular weight excluding hydrogens is 356 g/mol. The molecule has 9 heteroatoms. The largest absolute Gasteiger partial charge is 0.490 e. The second-order valence-corrected chi connectivity index (χ2v) is 5.61. The van der Waals surface area contributed by atoms with Crippen LogP contribution in [0.1, 0.15) is 32.4 Å². The predicted molar refractivity (Wildman–Crippen MR) is 94.5 cm³/mol. The van der Waals surface area contributed by atoms with Crippen molar-refractivity contribution in [1.82, 2.24) is 10.6 Å². The van der Waals surface area contributed by atoms with Crippen molar-refractivity contribution in [2.45, 2.75) is 26.8 Å². The van der Waals surface area contributed by atoms with E-state index in [2.05, 4.69) is 10.6 Å². The molecule has 3 N–H and O–H groups in total. The first-order valence-electron chi connectivity index (χ1n) is 8.44. The molecule has 146 valence electrons. The Hall–Kier alpha value is -3.23. The van der Waals surface area contributed by atoms with Gasteiger partial charge in [-0.1, -0.05) is 6.07 Å². The summed E-state index contributed by atoms with van der Waals surface area (Å²) in [5, 5.41) is 14.0. The average molecular weight is 378 g/mol. The molecule has 2 rings (SSSR count). The Bertz CT molecular complexity index is 773. The van der Waals surface area contributed by atoms with Gasteiger partial charge in [0.1, 0.15) is 0 Å². The van der Waals surface area contributed by atoms with E-state index in [4.69, 9.17) is 19.3 Å². The summed E-state index contributed by atoms with van der Waals surface area (Å²) in [6, 6.07) is 3.57. The van der Waals surface area contributed by atoms with Gasteiger partial charge < -0.3 is 30.0 Å². The zero-order valence-electron chi connectivity index (χ0n) is 15.3. The van der Waals surface area contributed by atoms with Crippen LogP contribution in [0.5, 0.6) is 11.5 Å². The van der Waals surface area contributed by atoms with Crippen LogP contribution in [0.4, 0.5) is 4.79 Å². The van der Waals surface area contributed by atoms with Gasteiger partial charge in [0.2, 0.25) is 0 Å². The van der Waals surface area contributed by atoms with Gasteiger partial charge in [0.05, 0.1) is 24.8 Å². The van der Waals surface area contributed by atoms with Crippen molar-refractivity contribution in [2.75, 3.05) is 19.8 Å². The van der Waals surface area contributed by atoms with Crippen LogP contribution in [-0.4, -0.2) is 42.9 Å². The third-order valence-corrected chi connectivity index (χ3v) is 3.72. The number of allylic oxidation sites excluding steroid dienone is 1. The summed E-state index contributed by atoms with van der Waals surface area (Å²) in [4.78, 5) is 35.0. The van der Waals surface area contributed by atoms with Crippen LogP contribution in [0.25, 0.3) is 0 Å². The first-order valence-corrected chi connectivity index (χ1v) is 8.44. The van der Waals surface area contributed by atoms with Crippen molar-refractivity contribution < 1.29 is 33.7 Å². The average Bonchev–Trinajstić information content (AvgIpc) is 2.60. The van der Waals surface area contributed by atoms with Crippen molar-refractivity contribution in [2.24, 2.45) is 0 Å². The van der Waals surface area contributed by atoms with E-state index >= 15 is 0 Å². The lowest BCUT2D eigenvalue weighted by Gasteiger charge is -2.28. The number of hydrogen-bond donors (Lipinski definition) is 3. The number of carboxylic acid groups (broad SMARTS) is 1. The van der Waals surface area contributed by atoms with Crippen LogP contribution in [0, 0.1) is 0 Å². The summed E-state index contributed by atoms with van der Waals surface area (Å²) >= 11 is 0. The number of carbonyl (C=O) groups is 3. The Morgan fingerprint density at radius 3 is 2.52 bits per heavy atom. The molecule has 1 aliphatic heterocycles. The molecule has 0 saturated heterocycles. The molecule has 9 nitrogen and oxygen atoms in total. The molecule has 0 spiro atoms. The van der Waals surface area contributed by atoms with Crippen molar-refractivity contribution >= 4 is 18.0 Å². The number of urea groups is 1. The third kappa shape index (κ3) is 4.90. The van der Waals surface area contributed by atoms with Gasteiger partial charge in [-0.2, -0.15) is 0 Å². The number of esters is 1. The first kappa shape index (κ1) is 20.1. The minimum Gasteiger partial charge on any atom is -0.490 e. The van der Waals surface area contributed by atoms with Crippen LogP contribution in [0.3, 0.4) is 0 Å². The van der Waals surface area contributed by atoms with Gasteiger partial charge in [-0.15, -0.1) is 0 Å². The summed E-state index contributed by atoms with van der Waals surface area (Å²) in [6.07, 6.45) is 0. The highest BCUT2D eigenvalue weighted by Gasteiger charge is 2.32. The molecule has 27 heavy (non-hydrogen) atoms. The number of rotatable bonds is 8. The molecule has 0 aromatic heterocycles. The molecular formula is C18H22N2O7. The van der Waals surface area contributed by atoms with Crippen LogP contribution in [0.2, 0.25) is 0 Å². The van der Waals surface area contributed by atoms with Crippen molar-refractivity contribution in [1.29, 1.82) is 0 Å². The highest BCUT2D eigenvalue weighted by atomic mass is 16.5. The Morgan fingerprint density at radius 1 is 1.15 bits per heavy atom. The van der Waals surface area contributed by atoms with Gasteiger partial charge in [0, 0.05) is 5.70 Å². The van der Waals surface area contributed by atoms with E-state index in [-0.39, 0.29) is 17.9 Å². The Morgan fingerprint density at radius 2 is 1.89 bits per heavy atom. The minimum atomic E-state index is -1.12. The highest BCUT2D eigenvalue weighted by Crippen LogP contribution is 2.34. The maximum absolute atomic E-state index is 12.4. The molecule has 1 heterocycles. The number of benzene rings is 1. The lowest BCUT2D eigenvalue weighted by molar-refractivity contribution is -0.140. The van der Waals surface area contributed by atoms with Crippen molar-refractivity contribution in [3.05, 3.63) is 35.0 Å². The maximum Gasteiger partial charge on any atom is 0.341 e. The number of ether oxygens (including phenoxy) is 3. The summed E-state index contributed by atoms with van der Waals surface area (Å²) in [5.74, 6) is -1.10. The lowest BCUT2D eigenvalue weighted by Crippen LogP contribution is -2.45. The van der Waals surface area contributed by atoms with Crippen LogP contribution in [-0.2, 0) is 14.3 Å². The first-order chi connectivity index (χ1) is 12.9. The van der Waals surface area contributed by atoms with Gasteiger partial charge in [0.15, 0.2) is 18.1 Å². The van der Waals surface area contributed by atoms with E-state index < -0.39 is 30.6 Å². The normalized spacial score (nSPS) is 16.3. The van der Waals surface area contributed by atoms with E-state index in [9.17, 15) is 14.4 Å². The zero-order chi connectivity index (χ0) is 20.0. The molecule has 1 unspecified atom stereocenters. The van der Waals surface area contributed by atoms with E-state index in [0.29, 0.717) is 23.6 Å². The Kier molecular flexibility index (Phi) is 6.64. The fraction of sp³-hybridized carbons (Fsp3) is 0.389. The smallest absolute Gasteiger partial charge is 0.341 e. The van der Waals surface area contributed by atoms with Crippen LogP contribution < -0.4 is 20.1 Å². The molecule has 0 bridgehead atoms. The van der Waals surface area contributed by atoms with E-state index in [0.717, 1.165) is 0 Å². The van der Waals surface area contributed by atoms with Crippen LogP contribution >= 0.6 is 0 Å². The van der Waals surface area contributed by atoms with Crippen molar-refractivity contribution in [3.8, 4) is 11.5 Å².